The molecular formula is C16H15FO3S. The highest BCUT2D eigenvalue weighted by Crippen LogP contribution is 2.41. The van der Waals surface area contributed by atoms with Gasteiger partial charge in [0.05, 0.1) is 11.5 Å². The molecule has 5 heteroatoms. The molecular weight excluding hydrogens is 291 g/mol. The first-order valence-electron chi connectivity index (χ1n) is 6.72. The van der Waals surface area contributed by atoms with Gasteiger partial charge in [0.25, 0.3) is 0 Å². The number of fused-ring (bicyclic) bond motifs is 1. The maximum absolute atomic E-state index is 14.1. The molecule has 1 unspecified atom stereocenters. The fraction of sp³-hybridized carbons (Fsp3) is 0.250. The average Bonchev–Trinajstić information content (AvgIpc) is 2.47. The van der Waals surface area contributed by atoms with Gasteiger partial charge in [-0.3, -0.25) is 0 Å². The first kappa shape index (κ1) is 14.1. The van der Waals surface area contributed by atoms with E-state index in [4.69, 9.17) is 4.74 Å². The van der Waals surface area contributed by atoms with Gasteiger partial charge in [-0.25, -0.2) is 12.8 Å². The number of rotatable bonds is 2. The number of sulfone groups is 1. The van der Waals surface area contributed by atoms with Gasteiger partial charge in [0.1, 0.15) is 16.8 Å². The molecule has 1 atom stereocenters. The lowest BCUT2D eigenvalue weighted by molar-refractivity contribution is 0.279. The number of benzene rings is 2. The van der Waals surface area contributed by atoms with Crippen molar-refractivity contribution in [1.82, 2.24) is 0 Å². The smallest absolute Gasteiger partial charge is 0.185 e. The Morgan fingerprint density at radius 3 is 2.57 bits per heavy atom. The van der Waals surface area contributed by atoms with Crippen molar-refractivity contribution in [3.63, 3.8) is 0 Å². The molecule has 0 radical (unpaired) electrons. The van der Waals surface area contributed by atoms with Gasteiger partial charge < -0.3 is 4.74 Å². The molecule has 0 spiro atoms. The van der Waals surface area contributed by atoms with E-state index in [1.807, 2.05) is 6.92 Å². The summed E-state index contributed by atoms with van der Waals surface area (Å²) in [5.74, 6) is -0.213. The van der Waals surface area contributed by atoms with Crippen LogP contribution in [-0.4, -0.2) is 15.0 Å². The largest absolute Gasteiger partial charge is 0.493 e. The molecule has 0 amide bonds. The van der Waals surface area contributed by atoms with Crippen molar-refractivity contribution in [2.45, 2.75) is 23.5 Å². The molecule has 0 aliphatic carbocycles. The van der Waals surface area contributed by atoms with Crippen LogP contribution in [0.2, 0.25) is 0 Å². The van der Waals surface area contributed by atoms with Crippen molar-refractivity contribution >= 4 is 9.84 Å². The lowest BCUT2D eigenvalue weighted by atomic mass is 10.1. The van der Waals surface area contributed by atoms with Gasteiger partial charge in [0.15, 0.2) is 9.84 Å². The van der Waals surface area contributed by atoms with Crippen LogP contribution in [0.3, 0.4) is 0 Å². The lowest BCUT2D eigenvalue weighted by Gasteiger charge is -2.26. The predicted octanol–water partition coefficient (Wildman–Crippen LogP) is 3.43. The van der Waals surface area contributed by atoms with E-state index in [1.165, 1.54) is 12.1 Å². The van der Waals surface area contributed by atoms with Gasteiger partial charge in [-0.05, 0) is 31.2 Å². The first-order valence-corrected chi connectivity index (χ1v) is 8.26. The minimum atomic E-state index is -3.63. The zero-order valence-corrected chi connectivity index (χ0v) is 12.4. The maximum Gasteiger partial charge on any atom is 0.185 e. The van der Waals surface area contributed by atoms with E-state index >= 15 is 0 Å². The van der Waals surface area contributed by atoms with Crippen molar-refractivity contribution in [1.29, 1.82) is 0 Å². The maximum atomic E-state index is 14.1. The molecule has 0 saturated heterocycles. The zero-order valence-electron chi connectivity index (χ0n) is 11.5. The molecule has 2 aromatic rings. The topological polar surface area (TPSA) is 43.4 Å². The summed E-state index contributed by atoms with van der Waals surface area (Å²) in [5.41, 5.74) is 1.12. The molecule has 1 aliphatic heterocycles. The number of halogens is 1. The van der Waals surface area contributed by atoms with E-state index in [0.717, 1.165) is 5.56 Å². The van der Waals surface area contributed by atoms with Gasteiger partial charge in [0, 0.05) is 12.0 Å². The Hall–Kier alpha value is -1.88. The lowest BCUT2D eigenvalue weighted by Crippen LogP contribution is -2.23. The van der Waals surface area contributed by atoms with Crippen molar-refractivity contribution in [3.05, 3.63) is 59.4 Å². The highest BCUT2D eigenvalue weighted by atomic mass is 32.2. The zero-order chi connectivity index (χ0) is 15.0. The molecule has 3 rings (SSSR count). The van der Waals surface area contributed by atoms with Crippen molar-refractivity contribution < 1.29 is 17.5 Å². The van der Waals surface area contributed by atoms with Crippen LogP contribution in [0.4, 0.5) is 4.39 Å². The summed E-state index contributed by atoms with van der Waals surface area (Å²) in [6.07, 6.45) is 0.254. The van der Waals surface area contributed by atoms with Crippen LogP contribution in [0.15, 0.2) is 47.4 Å². The van der Waals surface area contributed by atoms with Crippen molar-refractivity contribution in [3.8, 4) is 5.75 Å². The number of hydrogen-bond acceptors (Lipinski definition) is 3. The molecule has 21 heavy (non-hydrogen) atoms. The summed E-state index contributed by atoms with van der Waals surface area (Å²) in [6, 6.07) is 11.0. The van der Waals surface area contributed by atoms with E-state index in [0.29, 0.717) is 5.75 Å². The minimum Gasteiger partial charge on any atom is -0.493 e. The van der Waals surface area contributed by atoms with Gasteiger partial charge in [-0.2, -0.15) is 0 Å². The monoisotopic (exact) mass is 306 g/mol. The first-order chi connectivity index (χ1) is 10.00. The molecule has 0 aromatic heterocycles. The van der Waals surface area contributed by atoms with Crippen LogP contribution >= 0.6 is 0 Å². The quantitative estimate of drug-likeness (QED) is 0.853. The number of aryl methyl sites for hydroxylation is 1. The Kier molecular flexibility index (Phi) is 3.45. The molecule has 0 bridgehead atoms. The highest BCUT2D eigenvalue weighted by Gasteiger charge is 2.36. The highest BCUT2D eigenvalue weighted by molar-refractivity contribution is 7.91. The number of hydrogen-bond donors (Lipinski definition) is 0. The van der Waals surface area contributed by atoms with Gasteiger partial charge in [-0.1, -0.05) is 23.8 Å². The standard InChI is InChI=1S/C16H15FO3S/c1-11-5-7-12(8-6-11)21(18,19)15-9-10-20-14-4-2-3-13(17)16(14)15/h2-8,15H,9-10H2,1H3. The van der Waals surface area contributed by atoms with Gasteiger partial charge in [-0.15, -0.1) is 0 Å². The number of ether oxygens (including phenoxy) is 1. The normalized spacial score (nSPS) is 17.9. The fourth-order valence-electron chi connectivity index (χ4n) is 2.58. The van der Waals surface area contributed by atoms with Crippen LogP contribution in [0.25, 0.3) is 0 Å². The third-order valence-electron chi connectivity index (χ3n) is 3.70. The molecule has 0 fully saturated rings. The van der Waals surface area contributed by atoms with Crippen molar-refractivity contribution in [2.75, 3.05) is 6.61 Å². The predicted molar refractivity (Wildman–Crippen MR) is 77.6 cm³/mol. The molecule has 1 aliphatic rings. The summed E-state index contributed by atoms with van der Waals surface area (Å²) >= 11 is 0. The second-order valence-electron chi connectivity index (χ2n) is 5.14. The summed E-state index contributed by atoms with van der Waals surface area (Å²) in [4.78, 5) is 0.217. The molecule has 110 valence electrons. The van der Waals surface area contributed by atoms with E-state index < -0.39 is 20.9 Å². The van der Waals surface area contributed by atoms with Crippen LogP contribution < -0.4 is 4.74 Å². The Balaban J connectivity index is 2.12. The molecule has 1 heterocycles. The van der Waals surface area contributed by atoms with Crippen LogP contribution in [0.5, 0.6) is 5.75 Å². The SMILES string of the molecule is Cc1ccc(S(=O)(=O)C2CCOc3cccc(F)c32)cc1. The Labute approximate surface area is 123 Å². The Bertz CT molecular complexity index is 767. The second-order valence-corrected chi connectivity index (χ2v) is 7.27. The van der Waals surface area contributed by atoms with Crippen molar-refractivity contribution in [2.24, 2.45) is 0 Å². The summed E-state index contributed by atoms with van der Waals surface area (Å²) in [5, 5.41) is -0.898. The third kappa shape index (κ3) is 2.42. The average molecular weight is 306 g/mol. The van der Waals surface area contributed by atoms with E-state index in [2.05, 4.69) is 0 Å². The molecule has 2 aromatic carbocycles. The molecule has 0 saturated carbocycles. The molecule has 0 N–H and O–H groups in total. The van der Waals surface area contributed by atoms with E-state index in [9.17, 15) is 12.8 Å². The van der Waals surface area contributed by atoms with Gasteiger partial charge >= 0.3 is 0 Å². The van der Waals surface area contributed by atoms with Crippen LogP contribution in [-0.2, 0) is 9.84 Å². The van der Waals surface area contributed by atoms with Crippen LogP contribution in [0.1, 0.15) is 22.8 Å². The van der Waals surface area contributed by atoms with Crippen LogP contribution in [0, 0.1) is 12.7 Å². The fourth-order valence-corrected chi connectivity index (χ4v) is 4.37. The summed E-state index contributed by atoms with van der Waals surface area (Å²) < 4.78 is 45.0. The Morgan fingerprint density at radius 2 is 1.86 bits per heavy atom. The molecule has 3 nitrogen and oxygen atoms in total. The van der Waals surface area contributed by atoms with E-state index in [1.54, 1.807) is 30.3 Å². The van der Waals surface area contributed by atoms with Gasteiger partial charge in [0.2, 0.25) is 0 Å². The summed E-state index contributed by atoms with van der Waals surface area (Å²) in [7, 11) is -3.63. The minimum absolute atomic E-state index is 0.143. The Morgan fingerprint density at radius 1 is 1.14 bits per heavy atom. The third-order valence-corrected chi connectivity index (χ3v) is 5.85. The van der Waals surface area contributed by atoms with E-state index in [-0.39, 0.29) is 23.5 Å². The second kappa shape index (κ2) is 5.15. The summed E-state index contributed by atoms with van der Waals surface area (Å²) in [6.45, 7) is 2.16.